The zero-order chi connectivity index (χ0) is 20.5. The van der Waals surface area contributed by atoms with Gasteiger partial charge in [0.1, 0.15) is 17.7 Å². The van der Waals surface area contributed by atoms with Crippen LogP contribution in [0.5, 0.6) is 0 Å². The number of hydrogen-bond acceptors (Lipinski definition) is 4. The first-order valence-corrected chi connectivity index (χ1v) is 10.9. The van der Waals surface area contributed by atoms with Crippen molar-refractivity contribution in [2.24, 2.45) is 4.99 Å². The van der Waals surface area contributed by atoms with Crippen LogP contribution in [0.2, 0.25) is 0 Å². The van der Waals surface area contributed by atoms with Crippen molar-refractivity contribution in [3.63, 3.8) is 0 Å². The molecule has 2 aromatic carbocycles. The molecule has 0 unspecified atom stereocenters. The normalized spacial score (nSPS) is 17.1. The van der Waals surface area contributed by atoms with Gasteiger partial charge in [-0.15, -0.1) is 0 Å². The van der Waals surface area contributed by atoms with Gasteiger partial charge < -0.3 is 4.90 Å². The third-order valence-electron chi connectivity index (χ3n) is 4.41. The number of halogens is 2. The molecule has 0 saturated carbocycles. The number of sulfonamides is 1. The number of rotatable bonds is 5. The molecule has 28 heavy (non-hydrogen) atoms. The van der Waals surface area contributed by atoms with E-state index in [1.807, 2.05) is 0 Å². The van der Waals surface area contributed by atoms with E-state index in [1.54, 1.807) is 44.2 Å². The molecule has 2 aromatic rings. The van der Waals surface area contributed by atoms with Crippen molar-refractivity contribution < 1.29 is 17.6 Å². The lowest BCUT2D eigenvalue weighted by Crippen LogP contribution is -2.38. The number of amides is 1. The molecule has 1 aliphatic heterocycles. The summed E-state index contributed by atoms with van der Waals surface area (Å²) in [6.45, 7) is 3.84. The standard InChI is InChI=1S/C19H19BrFN3O3S/c1-3-24(11-13-10-14(20)8-9-16(13)21)19(25)12(2)22-18-15-6-4-5-7-17(15)28(26,27)23-18/h4-10,12H,3,11H2,1-2H3,(H,22,23)/t12-/m0/s1. The van der Waals surface area contributed by atoms with Crippen LogP contribution in [-0.4, -0.2) is 37.6 Å². The third-order valence-corrected chi connectivity index (χ3v) is 6.30. The molecule has 1 N–H and O–H groups in total. The van der Waals surface area contributed by atoms with E-state index >= 15 is 0 Å². The van der Waals surface area contributed by atoms with Crippen molar-refractivity contribution in [3.05, 3.63) is 63.9 Å². The van der Waals surface area contributed by atoms with Crippen molar-refractivity contribution in [1.29, 1.82) is 0 Å². The Labute approximate surface area is 171 Å². The van der Waals surface area contributed by atoms with Gasteiger partial charge in [0.05, 0.1) is 4.90 Å². The second-order valence-electron chi connectivity index (χ2n) is 6.34. The Bertz CT molecular complexity index is 1060. The van der Waals surface area contributed by atoms with Crippen LogP contribution in [0.15, 0.2) is 56.8 Å². The van der Waals surface area contributed by atoms with Crippen molar-refractivity contribution in [1.82, 2.24) is 9.62 Å². The summed E-state index contributed by atoms with van der Waals surface area (Å²) in [5.41, 5.74) is 0.819. The fourth-order valence-electron chi connectivity index (χ4n) is 2.96. The summed E-state index contributed by atoms with van der Waals surface area (Å²) in [6.07, 6.45) is 0. The molecule has 0 bridgehead atoms. The van der Waals surface area contributed by atoms with Gasteiger partial charge in [0.25, 0.3) is 10.0 Å². The highest BCUT2D eigenvalue weighted by Gasteiger charge is 2.31. The lowest BCUT2D eigenvalue weighted by molar-refractivity contribution is -0.132. The van der Waals surface area contributed by atoms with Crippen molar-refractivity contribution in [3.8, 4) is 0 Å². The highest BCUT2D eigenvalue weighted by Crippen LogP contribution is 2.23. The van der Waals surface area contributed by atoms with Crippen LogP contribution >= 0.6 is 15.9 Å². The number of likely N-dealkylation sites (N-methyl/N-ethyl adjacent to an activating group) is 1. The predicted molar refractivity (Wildman–Crippen MR) is 108 cm³/mol. The van der Waals surface area contributed by atoms with Crippen LogP contribution < -0.4 is 4.72 Å². The SMILES string of the molecule is CCN(Cc1cc(Br)ccc1F)C(=O)[C@H](C)N=C1NS(=O)(=O)c2ccccc21. The third kappa shape index (κ3) is 4.10. The first kappa shape index (κ1) is 20.5. The Kier molecular flexibility index (Phi) is 5.85. The van der Waals surface area contributed by atoms with Gasteiger partial charge in [-0.25, -0.2) is 12.8 Å². The van der Waals surface area contributed by atoms with Crippen molar-refractivity contribution in [2.45, 2.75) is 31.3 Å². The van der Waals surface area contributed by atoms with Gasteiger partial charge in [-0.1, -0.05) is 28.1 Å². The van der Waals surface area contributed by atoms with E-state index in [0.29, 0.717) is 17.7 Å². The zero-order valence-electron chi connectivity index (χ0n) is 15.3. The highest BCUT2D eigenvalue weighted by molar-refractivity contribution is 9.10. The van der Waals surface area contributed by atoms with Gasteiger partial charge in [-0.05, 0) is 44.2 Å². The Balaban J connectivity index is 1.84. The van der Waals surface area contributed by atoms with Crippen molar-refractivity contribution in [2.75, 3.05) is 6.54 Å². The largest absolute Gasteiger partial charge is 0.337 e. The first-order chi connectivity index (χ1) is 13.2. The van der Waals surface area contributed by atoms with E-state index in [9.17, 15) is 17.6 Å². The van der Waals surface area contributed by atoms with Crippen molar-refractivity contribution >= 4 is 37.7 Å². The van der Waals surface area contributed by atoms with E-state index in [-0.39, 0.29) is 23.2 Å². The van der Waals surface area contributed by atoms with Crippen LogP contribution in [0.4, 0.5) is 4.39 Å². The molecule has 1 atom stereocenters. The predicted octanol–water partition coefficient (Wildman–Crippen LogP) is 3.06. The second kappa shape index (κ2) is 8.00. The molecule has 148 valence electrons. The Morgan fingerprint density at radius 1 is 1.29 bits per heavy atom. The Hall–Kier alpha value is -2.26. The summed E-state index contributed by atoms with van der Waals surface area (Å²) in [4.78, 5) is 18.8. The van der Waals surface area contributed by atoms with E-state index in [1.165, 1.54) is 17.0 Å². The maximum absolute atomic E-state index is 14.0. The minimum Gasteiger partial charge on any atom is -0.337 e. The fourth-order valence-corrected chi connectivity index (χ4v) is 4.61. The second-order valence-corrected chi connectivity index (χ2v) is 8.91. The molecular formula is C19H19BrFN3O3S. The summed E-state index contributed by atoms with van der Waals surface area (Å²) >= 11 is 3.30. The average molecular weight is 468 g/mol. The van der Waals surface area contributed by atoms with Crippen LogP contribution in [0.1, 0.15) is 25.0 Å². The molecule has 1 aliphatic rings. The van der Waals surface area contributed by atoms with Gasteiger partial charge in [-0.3, -0.25) is 14.5 Å². The number of carbonyl (C=O) groups is 1. The lowest BCUT2D eigenvalue weighted by atomic mass is 10.1. The molecule has 9 heteroatoms. The summed E-state index contributed by atoms with van der Waals surface area (Å²) in [6, 6.07) is 10.2. The summed E-state index contributed by atoms with van der Waals surface area (Å²) < 4.78 is 41.5. The molecule has 0 saturated heterocycles. The number of amidine groups is 1. The number of aliphatic imine (C=N–C) groups is 1. The molecule has 0 spiro atoms. The van der Waals surface area contributed by atoms with Gasteiger partial charge in [-0.2, -0.15) is 0 Å². The number of hydrogen-bond donors (Lipinski definition) is 1. The lowest BCUT2D eigenvalue weighted by Gasteiger charge is -2.23. The van der Waals surface area contributed by atoms with E-state index in [2.05, 4.69) is 25.6 Å². The van der Waals surface area contributed by atoms with Crippen LogP contribution in [0, 0.1) is 5.82 Å². The maximum atomic E-state index is 14.0. The van der Waals surface area contributed by atoms with Gasteiger partial charge in [0, 0.05) is 28.7 Å². The van der Waals surface area contributed by atoms with Gasteiger partial charge >= 0.3 is 0 Å². The van der Waals surface area contributed by atoms with Crippen LogP contribution in [0.25, 0.3) is 0 Å². The van der Waals surface area contributed by atoms with Crippen LogP contribution in [-0.2, 0) is 21.4 Å². The first-order valence-electron chi connectivity index (χ1n) is 8.65. The number of nitrogens with one attached hydrogen (secondary N) is 1. The van der Waals surface area contributed by atoms with E-state index < -0.39 is 21.9 Å². The minimum absolute atomic E-state index is 0.0954. The summed E-state index contributed by atoms with van der Waals surface area (Å²) in [5.74, 6) is -0.579. The fraction of sp³-hybridized carbons (Fsp3) is 0.263. The molecule has 0 aliphatic carbocycles. The molecule has 0 aromatic heterocycles. The molecular weight excluding hydrogens is 449 g/mol. The van der Waals surface area contributed by atoms with Crippen LogP contribution in [0.3, 0.4) is 0 Å². The monoisotopic (exact) mass is 467 g/mol. The minimum atomic E-state index is -3.67. The zero-order valence-corrected chi connectivity index (χ0v) is 17.7. The van der Waals surface area contributed by atoms with E-state index in [0.717, 1.165) is 4.47 Å². The molecule has 1 amide bonds. The van der Waals surface area contributed by atoms with Gasteiger partial charge in [0.2, 0.25) is 5.91 Å². The number of benzene rings is 2. The molecule has 1 heterocycles. The summed E-state index contributed by atoms with van der Waals surface area (Å²) in [7, 11) is -3.67. The number of carbonyl (C=O) groups excluding carboxylic acids is 1. The Morgan fingerprint density at radius 2 is 2.00 bits per heavy atom. The maximum Gasteiger partial charge on any atom is 0.263 e. The number of fused-ring (bicyclic) bond motifs is 1. The average Bonchev–Trinajstić information content (AvgIpc) is 2.92. The smallest absolute Gasteiger partial charge is 0.263 e. The Morgan fingerprint density at radius 3 is 2.71 bits per heavy atom. The van der Waals surface area contributed by atoms with E-state index in [4.69, 9.17) is 0 Å². The highest BCUT2D eigenvalue weighted by atomic mass is 79.9. The molecule has 6 nitrogen and oxygen atoms in total. The van der Waals surface area contributed by atoms with Gasteiger partial charge in [0.15, 0.2) is 0 Å². The molecule has 0 fully saturated rings. The quantitative estimate of drug-likeness (QED) is 0.733. The topological polar surface area (TPSA) is 78.8 Å². The summed E-state index contributed by atoms with van der Waals surface area (Å²) in [5, 5.41) is 0. The molecule has 3 rings (SSSR count). The molecule has 0 radical (unpaired) electrons. The number of nitrogens with zero attached hydrogens (tertiary/aromatic N) is 2.